The number of rotatable bonds is 3. The topological polar surface area (TPSA) is 54.3 Å². The molecule has 1 amide bonds. The van der Waals surface area contributed by atoms with Crippen molar-refractivity contribution < 1.29 is 9.21 Å². The second-order valence-electron chi connectivity index (χ2n) is 4.75. The molecule has 1 atom stereocenters. The molecule has 1 aliphatic rings. The molecule has 0 radical (unpaired) electrons. The lowest BCUT2D eigenvalue weighted by molar-refractivity contribution is -0.118. The fourth-order valence-corrected chi connectivity index (χ4v) is 2.34. The minimum absolute atomic E-state index is 0.0356. The van der Waals surface area contributed by atoms with Crippen LogP contribution in [0, 0.1) is 0 Å². The number of para-hydroxylation sites is 1. The quantitative estimate of drug-likeness (QED) is 0.886. The first-order valence-electron chi connectivity index (χ1n) is 6.46. The maximum Gasteiger partial charge on any atom is 0.241 e. The first kappa shape index (κ1) is 12.0. The van der Waals surface area contributed by atoms with Gasteiger partial charge in [-0.3, -0.25) is 4.79 Å². The van der Waals surface area contributed by atoms with Gasteiger partial charge in [0, 0.05) is 17.8 Å². The van der Waals surface area contributed by atoms with Crippen molar-refractivity contribution in [3.05, 3.63) is 54.0 Å². The van der Waals surface area contributed by atoms with Gasteiger partial charge >= 0.3 is 0 Å². The fourth-order valence-electron chi connectivity index (χ4n) is 2.34. The highest BCUT2D eigenvalue weighted by Gasteiger charge is 2.22. The van der Waals surface area contributed by atoms with Gasteiger partial charge in [-0.05, 0) is 30.5 Å². The molecule has 2 N–H and O–H groups in total. The number of furan rings is 1. The van der Waals surface area contributed by atoms with Crippen LogP contribution >= 0.6 is 0 Å². The fraction of sp³-hybridized carbons (Fsp3) is 0.267. The third-order valence-corrected chi connectivity index (χ3v) is 3.43. The number of benzene rings is 1. The van der Waals surface area contributed by atoms with Gasteiger partial charge in [0.15, 0.2) is 0 Å². The van der Waals surface area contributed by atoms with E-state index in [2.05, 4.69) is 16.7 Å². The zero-order chi connectivity index (χ0) is 13.1. The van der Waals surface area contributed by atoms with Crippen molar-refractivity contribution in [1.29, 1.82) is 0 Å². The van der Waals surface area contributed by atoms with Gasteiger partial charge in [0.05, 0.1) is 18.6 Å². The maximum absolute atomic E-state index is 12.1. The molecule has 19 heavy (non-hydrogen) atoms. The lowest BCUT2D eigenvalue weighted by Gasteiger charge is -2.14. The van der Waals surface area contributed by atoms with E-state index >= 15 is 0 Å². The molecule has 0 spiro atoms. The average molecular weight is 256 g/mol. The van der Waals surface area contributed by atoms with Crippen LogP contribution in [0.25, 0.3) is 0 Å². The second kappa shape index (κ2) is 5.28. The van der Waals surface area contributed by atoms with E-state index in [-0.39, 0.29) is 11.9 Å². The largest absolute Gasteiger partial charge is 0.472 e. The van der Waals surface area contributed by atoms with Crippen molar-refractivity contribution in [3.8, 4) is 0 Å². The van der Waals surface area contributed by atoms with Crippen molar-refractivity contribution >= 4 is 11.6 Å². The summed E-state index contributed by atoms with van der Waals surface area (Å²) in [7, 11) is 0. The van der Waals surface area contributed by atoms with Gasteiger partial charge in [0.1, 0.15) is 0 Å². The van der Waals surface area contributed by atoms with Crippen LogP contribution in [0.3, 0.4) is 0 Å². The minimum Gasteiger partial charge on any atom is -0.472 e. The number of aryl methyl sites for hydroxylation is 1. The number of hydrogen-bond acceptors (Lipinski definition) is 3. The van der Waals surface area contributed by atoms with E-state index in [0.29, 0.717) is 6.54 Å². The molecule has 1 aliphatic heterocycles. The van der Waals surface area contributed by atoms with Crippen molar-refractivity contribution in [3.63, 3.8) is 0 Å². The van der Waals surface area contributed by atoms with Crippen LogP contribution < -0.4 is 10.6 Å². The molecule has 0 saturated carbocycles. The highest BCUT2D eigenvalue weighted by Crippen LogP contribution is 2.21. The van der Waals surface area contributed by atoms with Crippen LogP contribution in [0.5, 0.6) is 0 Å². The lowest BCUT2D eigenvalue weighted by atomic mass is 10.1. The Hall–Kier alpha value is -2.07. The first-order valence-corrected chi connectivity index (χ1v) is 6.46. The normalized spacial score (nSPS) is 18.5. The zero-order valence-electron chi connectivity index (χ0n) is 10.6. The van der Waals surface area contributed by atoms with Crippen molar-refractivity contribution in [2.45, 2.75) is 25.4 Å². The summed E-state index contributed by atoms with van der Waals surface area (Å²) in [6, 6.07) is 9.70. The van der Waals surface area contributed by atoms with Crippen LogP contribution in [-0.4, -0.2) is 11.9 Å². The van der Waals surface area contributed by atoms with Gasteiger partial charge in [0.25, 0.3) is 0 Å². The Labute approximate surface area is 111 Å². The molecule has 1 aromatic carbocycles. The van der Waals surface area contributed by atoms with Crippen molar-refractivity contribution in [1.82, 2.24) is 5.32 Å². The summed E-state index contributed by atoms with van der Waals surface area (Å²) in [6.07, 6.45) is 5.04. The Kier molecular flexibility index (Phi) is 3.33. The standard InChI is InChI=1S/C15H16N2O2/c18-15-14(16-9-11-7-8-19-10-11)6-5-12-3-1-2-4-13(12)17-15/h1-4,7-8,10,14,16H,5-6,9H2,(H,17,18). The molecular weight excluding hydrogens is 240 g/mol. The van der Waals surface area contributed by atoms with Crippen LogP contribution in [-0.2, 0) is 17.8 Å². The van der Waals surface area contributed by atoms with E-state index in [9.17, 15) is 4.79 Å². The SMILES string of the molecule is O=C1Nc2ccccc2CCC1NCc1ccoc1. The Morgan fingerprint density at radius 3 is 3.05 bits per heavy atom. The molecule has 4 heteroatoms. The summed E-state index contributed by atoms with van der Waals surface area (Å²) < 4.78 is 5.02. The minimum atomic E-state index is -0.165. The lowest BCUT2D eigenvalue weighted by Crippen LogP contribution is -2.39. The molecule has 0 saturated heterocycles. The smallest absolute Gasteiger partial charge is 0.241 e. The predicted octanol–water partition coefficient (Wildman–Crippen LogP) is 2.32. The Morgan fingerprint density at radius 2 is 2.21 bits per heavy atom. The van der Waals surface area contributed by atoms with Gasteiger partial charge in [-0.25, -0.2) is 0 Å². The third kappa shape index (κ3) is 2.69. The highest BCUT2D eigenvalue weighted by molar-refractivity contribution is 5.96. The van der Waals surface area contributed by atoms with E-state index in [1.54, 1.807) is 12.5 Å². The van der Waals surface area contributed by atoms with Crippen LogP contribution in [0.15, 0.2) is 47.3 Å². The predicted molar refractivity (Wildman–Crippen MR) is 72.7 cm³/mol. The van der Waals surface area contributed by atoms with Crippen molar-refractivity contribution in [2.24, 2.45) is 0 Å². The molecule has 98 valence electrons. The number of carbonyl (C=O) groups is 1. The first-order chi connectivity index (χ1) is 9.33. The van der Waals surface area contributed by atoms with Gasteiger partial charge < -0.3 is 15.1 Å². The molecule has 0 fully saturated rings. The van der Waals surface area contributed by atoms with E-state index < -0.39 is 0 Å². The number of hydrogen-bond donors (Lipinski definition) is 2. The van der Waals surface area contributed by atoms with E-state index in [1.807, 2.05) is 24.3 Å². The Bertz CT molecular complexity index is 561. The number of fused-ring (bicyclic) bond motifs is 1. The summed E-state index contributed by atoms with van der Waals surface area (Å²) in [4.78, 5) is 12.1. The summed E-state index contributed by atoms with van der Waals surface area (Å²) in [6.45, 7) is 0.644. The second-order valence-corrected chi connectivity index (χ2v) is 4.75. The van der Waals surface area contributed by atoms with Crippen LogP contribution in [0.4, 0.5) is 5.69 Å². The molecule has 1 unspecified atom stereocenters. The van der Waals surface area contributed by atoms with E-state index in [1.165, 1.54) is 5.56 Å². The molecule has 2 aromatic rings. The summed E-state index contributed by atoms with van der Waals surface area (Å²) >= 11 is 0. The van der Waals surface area contributed by atoms with Crippen LogP contribution in [0.1, 0.15) is 17.5 Å². The highest BCUT2D eigenvalue weighted by atomic mass is 16.3. The molecular formula is C15H16N2O2. The third-order valence-electron chi connectivity index (χ3n) is 3.43. The van der Waals surface area contributed by atoms with Gasteiger partial charge in [-0.1, -0.05) is 18.2 Å². The molecule has 4 nitrogen and oxygen atoms in total. The van der Waals surface area contributed by atoms with Crippen LogP contribution in [0.2, 0.25) is 0 Å². The number of nitrogens with one attached hydrogen (secondary N) is 2. The molecule has 0 aliphatic carbocycles. The molecule has 1 aromatic heterocycles. The summed E-state index contributed by atoms with van der Waals surface area (Å²) in [5.74, 6) is 0.0356. The summed E-state index contributed by atoms with van der Waals surface area (Å²) in [5.41, 5.74) is 3.18. The van der Waals surface area contributed by atoms with E-state index in [0.717, 1.165) is 24.1 Å². The molecule has 3 rings (SSSR count). The average Bonchev–Trinajstić information content (AvgIpc) is 2.88. The van der Waals surface area contributed by atoms with Gasteiger partial charge in [-0.2, -0.15) is 0 Å². The Balaban J connectivity index is 1.67. The summed E-state index contributed by atoms with van der Waals surface area (Å²) in [5, 5.41) is 6.25. The Morgan fingerprint density at radius 1 is 1.32 bits per heavy atom. The van der Waals surface area contributed by atoms with Crippen molar-refractivity contribution in [2.75, 3.05) is 5.32 Å². The van der Waals surface area contributed by atoms with Gasteiger partial charge in [0.2, 0.25) is 5.91 Å². The maximum atomic E-state index is 12.1. The monoisotopic (exact) mass is 256 g/mol. The molecule has 2 heterocycles. The van der Waals surface area contributed by atoms with Gasteiger partial charge in [-0.15, -0.1) is 0 Å². The number of carbonyl (C=O) groups excluding carboxylic acids is 1. The number of amides is 1. The van der Waals surface area contributed by atoms with E-state index in [4.69, 9.17) is 4.42 Å². The number of anilines is 1. The zero-order valence-corrected chi connectivity index (χ0v) is 10.6. The molecule has 0 bridgehead atoms.